The summed E-state index contributed by atoms with van der Waals surface area (Å²) >= 11 is 0. The molecule has 1 aromatic rings. The first kappa shape index (κ1) is 18.2. The topological polar surface area (TPSA) is 81.0 Å². The van der Waals surface area contributed by atoms with Crippen LogP contribution >= 0.6 is 0 Å². The summed E-state index contributed by atoms with van der Waals surface area (Å²) in [5.74, 6) is 0.484. The van der Waals surface area contributed by atoms with E-state index in [4.69, 9.17) is 0 Å². The van der Waals surface area contributed by atoms with Crippen molar-refractivity contribution in [1.29, 1.82) is 0 Å². The van der Waals surface area contributed by atoms with Crippen LogP contribution in [0.15, 0.2) is 4.79 Å². The molecule has 2 heterocycles. The molecule has 1 amide bonds. The van der Waals surface area contributed by atoms with E-state index in [1.54, 1.807) is 0 Å². The SMILES string of the molecule is Cc1[nH][nH]c(=O)c1CC(=O)NC[C@H]1CCN(C2CCCCCCC2)C1. The number of hydrogen-bond donors (Lipinski definition) is 3. The van der Waals surface area contributed by atoms with Crippen LogP contribution in [0.2, 0.25) is 0 Å². The van der Waals surface area contributed by atoms with Gasteiger partial charge >= 0.3 is 0 Å². The Morgan fingerprint density at radius 2 is 1.84 bits per heavy atom. The third-order valence-corrected chi connectivity index (χ3v) is 5.92. The van der Waals surface area contributed by atoms with Crippen molar-refractivity contribution in [3.05, 3.63) is 21.6 Å². The molecular formula is C19H32N4O2. The van der Waals surface area contributed by atoms with Gasteiger partial charge in [-0.15, -0.1) is 0 Å². The van der Waals surface area contributed by atoms with Crippen molar-refractivity contribution in [2.45, 2.75) is 70.8 Å². The monoisotopic (exact) mass is 348 g/mol. The minimum atomic E-state index is -0.191. The number of nitrogens with one attached hydrogen (secondary N) is 3. The molecule has 6 heteroatoms. The molecule has 1 aromatic heterocycles. The number of nitrogens with zero attached hydrogens (tertiary/aromatic N) is 1. The molecule has 140 valence electrons. The van der Waals surface area contributed by atoms with Gasteiger partial charge in [0.2, 0.25) is 5.91 Å². The summed E-state index contributed by atoms with van der Waals surface area (Å²) in [6.07, 6.45) is 10.9. The summed E-state index contributed by atoms with van der Waals surface area (Å²) in [6, 6.07) is 0.752. The molecule has 2 fully saturated rings. The molecule has 6 nitrogen and oxygen atoms in total. The van der Waals surface area contributed by atoms with Crippen LogP contribution in [0.3, 0.4) is 0 Å². The van der Waals surface area contributed by atoms with Gasteiger partial charge in [0.15, 0.2) is 0 Å². The number of carbonyl (C=O) groups is 1. The van der Waals surface area contributed by atoms with Gasteiger partial charge in [-0.3, -0.25) is 14.7 Å². The van der Waals surface area contributed by atoms with E-state index in [2.05, 4.69) is 20.4 Å². The molecule has 1 aliphatic heterocycles. The molecule has 0 unspecified atom stereocenters. The van der Waals surface area contributed by atoms with Gasteiger partial charge in [0.25, 0.3) is 5.56 Å². The third-order valence-electron chi connectivity index (χ3n) is 5.92. The van der Waals surface area contributed by atoms with Gasteiger partial charge in [-0.25, -0.2) is 0 Å². The maximum absolute atomic E-state index is 12.1. The fraction of sp³-hybridized carbons (Fsp3) is 0.789. The fourth-order valence-electron chi connectivity index (χ4n) is 4.33. The lowest BCUT2D eigenvalue weighted by Crippen LogP contribution is -2.36. The van der Waals surface area contributed by atoms with Crippen LogP contribution in [0.5, 0.6) is 0 Å². The van der Waals surface area contributed by atoms with E-state index < -0.39 is 0 Å². The second kappa shape index (κ2) is 8.70. The Hall–Kier alpha value is -1.56. The predicted molar refractivity (Wildman–Crippen MR) is 98.7 cm³/mol. The molecule has 3 rings (SSSR count). The van der Waals surface area contributed by atoms with E-state index in [0.717, 1.165) is 24.8 Å². The fourth-order valence-corrected chi connectivity index (χ4v) is 4.33. The zero-order valence-corrected chi connectivity index (χ0v) is 15.4. The summed E-state index contributed by atoms with van der Waals surface area (Å²) < 4.78 is 0. The second-order valence-electron chi connectivity index (χ2n) is 7.81. The molecule has 0 spiro atoms. The van der Waals surface area contributed by atoms with Crippen molar-refractivity contribution in [2.75, 3.05) is 19.6 Å². The molecule has 1 atom stereocenters. The van der Waals surface area contributed by atoms with Crippen LogP contribution < -0.4 is 10.9 Å². The number of aryl methyl sites for hydroxylation is 1. The van der Waals surface area contributed by atoms with E-state index in [0.29, 0.717) is 11.5 Å². The van der Waals surface area contributed by atoms with Crippen LogP contribution in [0.25, 0.3) is 0 Å². The molecule has 25 heavy (non-hydrogen) atoms. The number of aromatic amines is 2. The van der Waals surface area contributed by atoms with Crippen molar-refractivity contribution in [1.82, 2.24) is 20.4 Å². The Kier molecular flexibility index (Phi) is 6.34. The summed E-state index contributed by atoms with van der Waals surface area (Å²) in [4.78, 5) is 26.4. The molecule has 1 saturated carbocycles. The van der Waals surface area contributed by atoms with Crippen LogP contribution in [0, 0.1) is 12.8 Å². The highest BCUT2D eigenvalue weighted by atomic mass is 16.2. The Bertz CT molecular complexity index is 613. The Balaban J connectivity index is 1.42. The minimum Gasteiger partial charge on any atom is -0.355 e. The van der Waals surface area contributed by atoms with E-state index in [9.17, 15) is 9.59 Å². The van der Waals surface area contributed by atoms with Crippen molar-refractivity contribution in [2.24, 2.45) is 5.92 Å². The average molecular weight is 348 g/mol. The number of amides is 1. The van der Waals surface area contributed by atoms with Gasteiger partial charge in [0.05, 0.1) is 6.42 Å². The van der Waals surface area contributed by atoms with Gasteiger partial charge in [0, 0.05) is 30.4 Å². The molecule has 0 bridgehead atoms. The van der Waals surface area contributed by atoms with Crippen molar-refractivity contribution >= 4 is 5.91 Å². The lowest BCUT2D eigenvalue weighted by atomic mass is 9.96. The summed E-state index contributed by atoms with van der Waals surface area (Å²) in [6.45, 7) is 4.81. The molecule has 2 aliphatic rings. The number of carbonyl (C=O) groups excluding carboxylic acids is 1. The maximum atomic E-state index is 12.1. The highest BCUT2D eigenvalue weighted by Gasteiger charge is 2.28. The van der Waals surface area contributed by atoms with Crippen molar-refractivity contribution in [3.63, 3.8) is 0 Å². The minimum absolute atomic E-state index is 0.0578. The second-order valence-corrected chi connectivity index (χ2v) is 7.81. The Morgan fingerprint density at radius 3 is 2.52 bits per heavy atom. The van der Waals surface area contributed by atoms with Gasteiger partial charge in [-0.2, -0.15) is 0 Å². The predicted octanol–water partition coefficient (Wildman–Crippen LogP) is 2.10. The number of H-pyrrole nitrogens is 2. The van der Waals surface area contributed by atoms with Crippen molar-refractivity contribution < 1.29 is 4.79 Å². The number of likely N-dealkylation sites (tertiary alicyclic amines) is 1. The first-order chi connectivity index (χ1) is 12.1. The van der Waals surface area contributed by atoms with Gasteiger partial charge in [0.1, 0.15) is 0 Å². The summed E-state index contributed by atoms with van der Waals surface area (Å²) in [5.41, 5.74) is 1.10. The van der Waals surface area contributed by atoms with Crippen LogP contribution in [0.4, 0.5) is 0 Å². The molecule has 0 aromatic carbocycles. The number of rotatable bonds is 5. The van der Waals surface area contributed by atoms with Crippen LogP contribution in [0.1, 0.15) is 62.6 Å². The molecule has 1 aliphatic carbocycles. The molecular weight excluding hydrogens is 316 g/mol. The van der Waals surface area contributed by atoms with Gasteiger partial charge in [-0.1, -0.05) is 32.1 Å². The van der Waals surface area contributed by atoms with Crippen LogP contribution in [-0.2, 0) is 11.2 Å². The zero-order chi connectivity index (χ0) is 17.6. The van der Waals surface area contributed by atoms with Gasteiger partial charge < -0.3 is 15.3 Å². The van der Waals surface area contributed by atoms with E-state index in [1.165, 1.54) is 57.9 Å². The van der Waals surface area contributed by atoms with E-state index in [-0.39, 0.29) is 17.9 Å². The van der Waals surface area contributed by atoms with Crippen LogP contribution in [-0.4, -0.2) is 46.7 Å². The van der Waals surface area contributed by atoms with Gasteiger partial charge in [-0.05, 0) is 38.6 Å². The zero-order valence-electron chi connectivity index (χ0n) is 15.4. The summed E-state index contributed by atoms with van der Waals surface area (Å²) in [7, 11) is 0. The maximum Gasteiger partial charge on any atom is 0.267 e. The summed E-state index contributed by atoms with van der Waals surface area (Å²) in [5, 5.41) is 8.32. The quantitative estimate of drug-likeness (QED) is 0.762. The normalized spacial score (nSPS) is 23.3. The first-order valence-electron chi connectivity index (χ1n) is 9.90. The lowest BCUT2D eigenvalue weighted by molar-refractivity contribution is -0.120. The number of aromatic nitrogens is 2. The lowest BCUT2D eigenvalue weighted by Gasteiger charge is -2.29. The Morgan fingerprint density at radius 1 is 1.12 bits per heavy atom. The highest BCUT2D eigenvalue weighted by molar-refractivity contribution is 5.78. The number of hydrogen-bond acceptors (Lipinski definition) is 3. The Labute approximate surface area is 149 Å². The van der Waals surface area contributed by atoms with E-state index in [1.807, 2.05) is 6.92 Å². The average Bonchev–Trinajstić information content (AvgIpc) is 3.15. The standard InChI is InChI=1S/C19H32N4O2/c1-14-17(19(25)22-21-14)11-18(24)20-12-15-9-10-23(13-15)16-7-5-3-2-4-6-8-16/h15-16H,2-13H2,1H3,(H,20,24)(H2,21,22,25)/t15-/m1/s1. The highest BCUT2D eigenvalue weighted by Crippen LogP contribution is 2.26. The largest absolute Gasteiger partial charge is 0.355 e. The van der Waals surface area contributed by atoms with Crippen molar-refractivity contribution in [3.8, 4) is 0 Å². The van der Waals surface area contributed by atoms with E-state index >= 15 is 0 Å². The third kappa shape index (κ3) is 4.97. The first-order valence-corrected chi connectivity index (χ1v) is 9.90. The smallest absolute Gasteiger partial charge is 0.267 e. The molecule has 3 N–H and O–H groups in total. The molecule has 0 radical (unpaired) electrons. The molecule has 1 saturated heterocycles.